The molecule has 0 bridgehead atoms. The van der Waals surface area contributed by atoms with E-state index in [0.29, 0.717) is 0 Å². The van der Waals surface area contributed by atoms with Gasteiger partial charge in [-0.15, -0.1) is 0 Å². The van der Waals surface area contributed by atoms with Gasteiger partial charge < -0.3 is 9.84 Å². The van der Waals surface area contributed by atoms with Crippen molar-refractivity contribution in [3.63, 3.8) is 0 Å². The second kappa shape index (κ2) is 5.84. The Morgan fingerprint density at radius 3 is 2.73 bits per heavy atom. The van der Waals surface area contributed by atoms with Gasteiger partial charge >= 0.3 is 5.97 Å². The average molecular weight is 296 g/mol. The number of fused-ring (bicyclic) bond motifs is 2. The molecule has 0 aromatic heterocycles. The first-order chi connectivity index (χ1) is 10.6. The number of ether oxygens (including phenoxy) is 1. The van der Waals surface area contributed by atoms with E-state index in [-0.39, 0.29) is 12.3 Å². The molecule has 0 amide bonds. The summed E-state index contributed by atoms with van der Waals surface area (Å²) in [5.41, 5.74) is 5.96. The van der Waals surface area contributed by atoms with Gasteiger partial charge in [0.2, 0.25) is 0 Å². The molecule has 2 aromatic rings. The first kappa shape index (κ1) is 14.6. The summed E-state index contributed by atoms with van der Waals surface area (Å²) in [6, 6.07) is 12.4. The molecule has 0 radical (unpaired) electrons. The number of benzene rings is 2. The number of methoxy groups -OCH3 is 1. The highest BCUT2D eigenvalue weighted by Gasteiger charge is 2.24. The Balaban J connectivity index is 2.10. The molecule has 1 aliphatic rings. The SMILES string of the molecule is COc1cc2c(cc1C)CC(CC(=O)O)c1ccccc1C2. The van der Waals surface area contributed by atoms with Crippen LogP contribution in [-0.4, -0.2) is 18.2 Å². The van der Waals surface area contributed by atoms with Gasteiger partial charge in [0.05, 0.1) is 13.5 Å². The Bertz CT molecular complexity index is 719. The molecule has 1 unspecified atom stereocenters. The summed E-state index contributed by atoms with van der Waals surface area (Å²) < 4.78 is 5.44. The second-order valence-electron chi connectivity index (χ2n) is 5.97. The number of aliphatic carboxylic acids is 1. The van der Waals surface area contributed by atoms with Gasteiger partial charge in [-0.05, 0) is 59.6 Å². The monoisotopic (exact) mass is 296 g/mol. The smallest absolute Gasteiger partial charge is 0.303 e. The first-order valence-corrected chi connectivity index (χ1v) is 7.54. The molecule has 3 heteroatoms. The number of hydrogen-bond acceptors (Lipinski definition) is 2. The van der Waals surface area contributed by atoms with Gasteiger partial charge in [-0.2, -0.15) is 0 Å². The first-order valence-electron chi connectivity index (χ1n) is 7.54. The zero-order valence-corrected chi connectivity index (χ0v) is 12.9. The number of aryl methyl sites for hydroxylation is 1. The lowest BCUT2D eigenvalue weighted by Gasteiger charge is -2.16. The zero-order chi connectivity index (χ0) is 15.7. The van der Waals surface area contributed by atoms with Crippen LogP contribution in [0, 0.1) is 6.92 Å². The number of carbonyl (C=O) groups is 1. The minimum absolute atomic E-state index is 0.0303. The molecule has 0 heterocycles. The Morgan fingerprint density at radius 2 is 2.00 bits per heavy atom. The Hall–Kier alpha value is -2.29. The quantitative estimate of drug-likeness (QED) is 0.939. The summed E-state index contributed by atoms with van der Waals surface area (Å²) in [7, 11) is 1.69. The van der Waals surface area contributed by atoms with E-state index in [2.05, 4.69) is 24.3 Å². The van der Waals surface area contributed by atoms with Crippen molar-refractivity contribution in [2.75, 3.05) is 7.11 Å². The minimum atomic E-state index is -0.742. The van der Waals surface area contributed by atoms with E-state index in [1.165, 1.54) is 16.7 Å². The molecular formula is C19H20O3. The third kappa shape index (κ3) is 2.71. The lowest BCUT2D eigenvalue weighted by molar-refractivity contribution is -0.137. The Labute approximate surface area is 130 Å². The molecular weight excluding hydrogens is 276 g/mol. The predicted octanol–water partition coefficient (Wildman–Crippen LogP) is 3.71. The Kier molecular flexibility index (Phi) is 3.88. The van der Waals surface area contributed by atoms with Crippen LogP contribution in [0.1, 0.15) is 40.2 Å². The van der Waals surface area contributed by atoms with Crippen molar-refractivity contribution in [2.24, 2.45) is 0 Å². The van der Waals surface area contributed by atoms with Gasteiger partial charge in [0.1, 0.15) is 5.75 Å². The van der Waals surface area contributed by atoms with Crippen LogP contribution in [0.4, 0.5) is 0 Å². The highest BCUT2D eigenvalue weighted by molar-refractivity contribution is 5.68. The molecule has 0 fully saturated rings. The molecule has 114 valence electrons. The van der Waals surface area contributed by atoms with E-state index in [1.54, 1.807) is 7.11 Å². The number of rotatable bonds is 3. The van der Waals surface area contributed by atoms with E-state index < -0.39 is 5.97 Å². The average Bonchev–Trinajstić information content (AvgIpc) is 2.62. The second-order valence-corrected chi connectivity index (χ2v) is 5.97. The lowest BCUT2D eigenvalue weighted by Crippen LogP contribution is -2.09. The van der Waals surface area contributed by atoms with Crippen molar-refractivity contribution < 1.29 is 14.6 Å². The zero-order valence-electron chi connectivity index (χ0n) is 12.9. The molecule has 22 heavy (non-hydrogen) atoms. The van der Waals surface area contributed by atoms with Gasteiger partial charge in [0.25, 0.3) is 0 Å². The number of carboxylic acids is 1. The van der Waals surface area contributed by atoms with Crippen LogP contribution >= 0.6 is 0 Å². The fraction of sp³-hybridized carbons (Fsp3) is 0.316. The third-order valence-electron chi connectivity index (χ3n) is 4.48. The number of hydrogen-bond donors (Lipinski definition) is 1. The Morgan fingerprint density at radius 1 is 1.23 bits per heavy atom. The largest absolute Gasteiger partial charge is 0.496 e. The van der Waals surface area contributed by atoms with E-state index in [9.17, 15) is 9.90 Å². The van der Waals surface area contributed by atoms with Crippen molar-refractivity contribution in [2.45, 2.75) is 32.1 Å². The third-order valence-corrected chi connectivity index (χ3v) is 4.48. The number of carboxylic acid groups (broad SMARTS) is 1. The fourth-order valence-electron chi connectivity index (χ4n) is 3.43. The maximum Gasteiger partial charge on any atom is 0.303 e. The van der Waals surface area contributed by atoms with E-state index in [4.69, 9.17) is 4.74 Å². The van der Waals surface area contributed by atoms with E-state index >= 15 is 0 Å². The minimum Gasteiger partial charge on any atom is -0.496 e. The lowest BCUT2D eigenvalue weighted by atomic mass is 9.88. The molecule has 1 aliphatic carbocycles. The van der Waals surface area contributed by atoms with Gasteiger partial charge in [0.15, 0.2) is 0 Å². The van der Waals surface area contributed by atoms with Gasteiger partial charge in [-0.25, -0.2) is 0 Å². The standard InChI is InChI=1S/C19H20O3/c1-12-7-14-9-16(11-19(20)21)17-6-4-3-5-13(17)8-15(14)10-18(12)22-2/h3-7,10,16H,8-9,11H2,1-2H3,(H,20,21). The van der Waals surface area contributed by atoms with Crippen molar-refractivity contribution in [1.29, 1.82) is 0 Å². The predicted molar refractivity (Wildman–Crippen MR) is 85.7 cm³/mol. The maximum absolute atomic E-state index is 11.2. The van der Waals surface area contributed by atoms with Crippen molar-refractivity contribution in [1.82, 2.24) is 0 Å². The van der Waals surface area contributed by atoms with Crippen molar-refractivity contribution in [3.8, 4) is 5.75 Å². The highest BCUT2D eigenvalue weighted by atomic mass is 16.5. The fourth-order valence-corrected chi connectivity index (χ4v) is 3.43. The summed E-state index contributed by atoms with van der Waals surface area (Å²) in [6.45, 7) is 2.03. The van der Waals surface area contributed by atoms with Crippen LogP contribution in [0.15, 0.2) is 36.4 Å². The normalized spacial score (nSPS) is 16.4. The molecule has 0 saturated carbocycles. The molecule has 0 saturated heterocycles. The van der Waals surface area contributed by atoms with Crippen molar-refractivity contribution in [3.05, 3.63) is 64.2 Å². The summed E-state index contributed by atoms with van der Waals surface area (Å²) in [5.74, 6) is 0.184. The topological polar surface area (TPSA) is 46.5 Å². The van der Waals surface area contributed by atoms with Gasteiger partial charge in [0, 0.05) is 0 Å². The summed E-state index contributed by atoms with van der Waals surface area (Å²) in [4.78, 5) is 11.2. The van der Waals surface area contributed by atoms with Crippen LogP contribution in [0.5, 0.6) is 5.75 Å². The molecule has 1 N–H and O–H groups in total. The highest BCUT2D eigenvalue weighted by Crippen LogP contribution is 2.36. The van der Waals surface area contributed by atoms with Crippen molar-refractivity contribution >= 4 is 5.97 Å². The van der Waals surface area contributed by atoms with Gasteiger partial charge in [-0.1, -0.05) is 30.3 Å². The maximum atomic E-state index is 11.2. The summed E-state index contributed by atoms with van der Waals surface area (Å²) in [6.07, 6.45) is 1.77. The molecule has 2 aromatic carbocycles. The van der Waals surface area contributed by atoms with Crippen LogP contribution in [0.2, 0.25) is 0 Å². The molecule has 3 nitrogen and oxygen atoms in total. The van der Waals surface area contributed by atoms with E-state index in [0.717, 1.165) is 29.7 Å². The van der Waals surface area contributed by atoms with Crippen LogP contribution < -0.4 is 4.74 Å². The van der Waals surface area contributed by atoms with Crippen LogP contribution in [0.3, 0.4) is 0 Å². The summed E-state index contributed by atoms with van der Waals surface area (Å²) in [5, 5.41) is 9.25. The molecule has 0 spiro atoms. The van der Waals surface area contributed by atoms with Crippen LogP contribution in [0.25, 0.3) is 0 Å². The molecule has 3 rings (SSSR count). The van der Waals surface area contributed by atoms with Gasteiger partial charge in [-0.3, -0.25) is 4.79 Å². The van der Waals surface area contributed by atoms with Crippen LogP contribution in [-0.2, 0) is 17.6 Å². The summed E-state index contributed by atoms with van der Waals surface area (Å²) >= 11 is 0. The molecule has 1 atom stereocenters. The molecule has 0 aliphatic heterocycles. The van der Waals surface area contributed by atoms with E-state index in [1.807, 2.05) is 19.1 Å².